The van der Waals surface area contributed by atoms with Crippen LogP contribution in [0.1, 0.15) is 5.56 Å². The molecule has 2 rings (SSSR count). The van der Waals surface area contributed by atoms with E-state index in [9.17, 15) is 0 Å². The van der Waals surface area contributed by atoms with E-state index in [0.717, 1.165) is 5.69 Å². The fraction of sp³-hybridized carbons (Fsp3) is 0.111. The van der Waals surface area contributed by atoms with E-state index in [4.69, 9.17) is 5.11 Å². The number of rotatable bonds is 1. The summed E-state index contributed by atoms with van der Waals surface area (Å²) in [5, 5.41) is 12.7. The molecule has 1 heterocycles. The zero-order valence-corrected chi connectivity index (χ0v) is 7.18. The fourth-order valence-electron chi connectivity index (χ4n) is 1.08. The van der Waals surface area contributed by atoms with Crippen LogP contribution < -0.4 is 0 Å². The molecule has 66 valence electrons. The predicted octanol–water partition coefficient (Wildman–Crippen LogP) is 1.28. The van der Waals surface area contributed by atoms with Crippen LogP contribution in [0.25, 0.3) is 5.69 Å². The van der Waals surface area contributed by atoms with Crippen LogP contribution in [0.2, 0.25) is 0 Å². The third-order valence-corrected chi connectivity index (χ3v) is 1.78. The SMILES string of the molecule is Cc1ccc(-n2cnc(O)n2)cc1. The zero-order valence-electron chi connectivity index (χ0n) is 7.18. The van der Waals surface area contributed by atoms with E-state index in [0.29, 0.717) is 0 Å². The minimum absolute atomic E-state index is 0.208. The molecule has 13 heavy (non-hydrogen) atoms. The van der Waals surface area contributed by atoms with Crippen molar-refractivity contribution in [1.29, 1.82) is 0 Å². The van der Waals surface area contributed by atoms with Gasteiger partial charge in [-0.1, -0.05) is 17.7 Å². The molecule has 0 aliphatic heterocycles. The zero-order chi connectivity index (χ0) is 9.26. The summed E-state index contributed by atoms with van der Waals surface area (Å²) >= 11 is 0. The molecule has 4 nitrogen and oxygen atoms in total. The number of aryl methyl sites for hydroxylation is 1. The predicted molar refractivity (Wildman–Crippen MR) is 47.8 cm³/mol. The Balaban J connectivity index is 2.41. The molecule has 2 aromatic rings. The Hall–Kier alpha value is -1.84. The Morgan fingerprint density at radius 3 is 2.46 bits per heavy atom. The minimum atomic E-state index is -0.208. The second-order valence-corrected chi connectivity index (χ2v) is 2.82. The lowest BCUT2D eigenvalue weighted by molar-refractivity contribution is 0.430. The maximum absolute atomic E-state index is 8.93. The van der Waals surface area contributed by atoms with Crippen LogP contribution in [0.5, 0.6) is 6.01 Å². The average Bonchev–Trinajstić information content (AvgIpc) is 2.53. The van der Waals surface area contributed by atoms with Crippen LogP contribution >= 0.6 is 0 Å². The first-order valence-corrected chi connectivity index (χ1v) is 3.93. The summed E-state index contributed by atoms with van der Waals surface area (Å²) in [5.74, 6) is 0. The Morgan fingerprint density at radius 1 is 1.23 bits per heavy atom. The standard InChI is InChI=1S/C9H9N3O/c1-7-2-4-8(5-3-7)12-6-10-9(13)11-12/h2-6H,1H3,(H,11,13). The second-order valence-electron chi connectivity index (χ2n) is 2.82. The maximum atomic E-state index is 8.93. The number of hydrogen-bond acceptors (Lipinski definition) is 3. The summed E-state index contributed by atoms with van der Waals surface area (Å²) < 4.78 is 1.52. The van der Waals surface area contributed by atoms with E-state index in [-0.39, 0.29) is 6.01 Å². The monoisotopic (exact) mass is 175 g/mol. The van der Waals surface area contributed by atoms with Crippen LogP contribution in [0.3, 0.4) is 0 Å². The Kier molecular flexibility index (Phi) is 1.73. The van der Waals surface area contributed by atoms with Gasteiger partial charge in [0.05, 0.1) is 5.69 Å². The smallest absolute Gasteiger partial charge is 0.333 e. The van der Waals surface area contributed by atoms with Crippen molar-refractivity contribution in [2.24, 2.45) is 0 Å². The molecule has 0 saturated heterocycles. The first-order chi connectivity index (χ1) is 6.25. The molecule has 0 atom stereocenters. The lowest BCUT2D eigenvalue weighted by Gasteiger charge is -1.98. The summed E-state index contributed by atoms with van der Waals surface area (Å²) in [6.07, 6.45) is 1.47. The van der Waals surface area contributed by atoms with Gasteiger partial charge in [0.15, 0.2) is 0 Å². The van der Waals surface area contributed by atoms with E-state index in [2.05, 4.69) is 10.1 Å². The van der Waals surface area contributed by atoms with Crippen LogP contribution in [-0.2, 0) is 0 Å². The molecule has 0 aliphatic carbocycles. The summed E-state index contributed by atoms with van der Waals surface area (Å²) in [4.78, 5) is 3.62. The van der Waals surface area contributed by atoms with E-state index in [1.54, 1.807) is 0 Å². The van der Waals surface area contributed by atoms with Gasteiger partial charge in [-0.3, -0.25) is 0 Å². The second kappa shape index (κ2) is 2.90. The molecule has 0 fully saturated rings. The van der Waals surface area contributed by atoms with Crippen LogP contribution in [0.4, 0.5) is 0 Å². The van der Waals surface area contributed by atoms with Gasteiger partial charge in [0.1, 0.15) is 6.33 Å². The highest BCUT2D eigenvalue weighted by Crippen LogP contribution is 2.08. The van der Waals surface area contributed by atoms with Crippen molar-refractivity contribution >= 4 is 0 Å². The van der Waals surface area contributed by atoms with Crippen molar-refractivity contribution in [3.63, 3.8) is 0 Å². The van der Waals surface area contributed by atoms with Gasteiger partial charge in [-0.15, -0.1) is 5.10 Å². The van der Waals surface area contributed by atoms with Crippen molar-refractivity contribution in [3.05, 3.63) is 36.2 Å². The van der Waals surface area contributed by atoms with Gasteiger partial charge in [0, 0.05) is 0 Å². The first-order valence-electron chi connectivity index (χ1n) is 3.93. The minimum Gasteiger partial charge on any atom is -0.478 e. The van der Waals surface area contributed by atoms with E-state index >= 15 is 0 Å². The molecular formula is C9H9N3O. The summed E-state index contributed by atoms with van der Waals surface area (Å²) in [6, 6.07) is 7.59. The summed E-state index contributed by atoms with van der Waals surface area (Å²) in [5.41, 5.74) is 2.08. The Morgan fingerprint density at radius 2 is 1.92 bits per heavy atom. The highest BCUT2D eigenvalue weighted by Gasteiger charge is 1.98. The number of hydrogen-bond donors (Lipinski definition) is 1. The third-order valence-electron chi connectivity index (χ3n) is 1.78. The molecule has 0 radical (unpaired) electrons. The van der Waals surface area contributed by atoms with Gasteiger partial charge in [0.2, 0.25) is 0 Å². The Bertz CT molecular complexity index is 405. The van der Waals surface area contributed by atoms with Crippen molar-refractivity contribution in [3.8, 4) is 11.7 Å². The van der Waals surface area contributed by atoms with Gasteiger partial charge >= 0.3 is 6.01 Å². The van der Waals surface area contributed by atoms with Crippen LogP contribution in [-0.4, -0.2) is 19.9 Å². The largest absolute Gasteiger partial charge is 0.478 e. The fourth-order valence-corrected chi connectivity index (χ4v) is 1.08. The molecule has 0 saturated carbocycles. The molecule has 1 N–H and O–H groups in total. The average molecular weight is 175 g/mol. The Labute approximate surface area is 75.5 Å². The van der Waals surface area contributed by atoms with Crippen molar-refractivity contribution in [2.75, 3.05) is 0 Å². The molecule has 1 aromatic heterocycles. The number of aromatic nitrogens is 3. The highest BCUT2D eigenvalue weighted by molar-refractivity contribution is 5.32. The molecule has 0 amide bonds. The van der Waals surface area contributed by atoms with Gasteiger partial charge in [-0.05, 0) is 19.1 Å². The van der Waals surface area contributed by atoms with Gasteiger partial charge < -0.3 is 5.11 Å². The van der Waals surface area contributed by atoms with Crippen molar-refractivity contribution < 1.29 is 5.11 Å². The molecule has 0 bridgehead atoms. The van der Waals surface area contributed by atoms with Gasteiger partial charge in [-0.2, -0.15) is 4.98 Å². The maximum Gasteiger partial charge on any atom is 0.333 e. The summed E-state index contributed by atoms with van der Waals surface area (Å²) in [6.45, 7) is 2.02. The highest BCUT2D eigenvalue weighted by atomic mass is 16.3. The molecule has 0 unspecified atom stereocenters. The molecule has 1 aromatic carbocycles. The number of nitrogens with zero attached hydrogens (tertiary/aromatic N) is 3. The number of aromatic hydroxyl groups is 1. The van der Waals surface area contributed by atoms with E-state index in [1.807, 2.05) is 31.2 Å². The molecule has 4 heteroatoms. The van der Waals surface area contributed by atoms with E-state index < -0.39 is 0 Å². The quantitative estimate of drug-likeness (QED) is 0.710. The normalized spacial score (nSPS) is 10.2. The van der Waals surface area contributed by atoms with Gasteiger partial charge in [0.25, 0.3) is 0 Å². The summed E-state index contributed by atoms with van der Waals surface area (Å²) in [7, 11) is 0. The van der Waals surface area contributed by atoms with Crippen LogP contribution in [0, 0.1) is 6.92 Å². The number of benzene rings is 1. The molecular weight excluding hydrogens is 166 g/mol. The lowest BCUT2D eigenvalue weighted by Crippen LogP contribution is -1.93. The first kappa shape index (κ1) is 7.79. The van der Waals surface area contributed by atoms with Crippen LogP contribution in [0.15, 0.2) is 30.6 Å². The molecule has 0 spiro atoms. The van der Waals surface area contributed by atoms with Gasteiger partial charge in [-0.25, -0.2) is 4.68 Å². The molecule has 0 aliphatic rings. The lowest BCUT2D eigenvalue weighted by atomic mass is 10.2. The van der Waals surface area contributed by atoms with Crippen molar-refractivity contribution in [2.45, 2.75) is 6.92 Å². The third kappa shape index (κ3) is 1.51. The van der Waals surface area contributed by atoms with Crippen molar-refractivity contribution in [1.82, 2.24) is 14.8 Å². The van der Waals surface area contributed by atoms with E-state index in [1.165, 1.54) is 16.6 Å². The topological polar surface area (TPSA) is 50.9 Å².